The van der Waals surface area contributed by atoms with Crippen molar-refractivity contribution in [2.75, 3.05) is 20.0 Å². The summed E-state index contributed by atoms with van der Waals surface area (Å²) in [4.78, 5) is 17.8. The van der Waals surface area contributed by atoms with E-state index in [-0.39, 0.29) is 34.1 Å². The van der Waals surface area contributed by atoms with Gasteiger partial charge in [0, 0.05) is 11.3 Å². The Bertz CT molecular complexity index is 1390. The molecule has 0 amide bonds. The molecule has 37 heavy (non-hydrogen) atoms. The molecule has 0 saturated heterocycles. The van der Waals surface area contributed by atoms with E-state index in [0.29, 0.717) is 16.3 Å². The number of nitrogens with two attached hydrogens (primary N) is 1. The minimum Gasteiger partial charge on any atom is -0.497 e. The lowest BCUT2D eigenvalue weighted by molar-refractivity contribution is -0.136. The highest BCUT2D eigenvalue weighted by Gasteiger charge is 2.39. The summed E-state index contributed by atoms with van der Waals surface area (Å²) >= 11 is 1.21. The van der Waals surface area contributed by atoms with E-state index >= 15 is 4.39 Å². The second-order valence-corrected chi connectivity index (χ2v) is 9.51. The largest absolute Gasteiger partial charge is 0.497 e. The molecule has 1 aromatic heterocycles. The maximum Gasteiger partial charge on any atom is 0.338 e. The molecule has 2 N–H and O–H groups in total. The molecule has 0 bridgehead atoms. The molecular formula is C27H25FN4O4S. The van der Waals surface area contributed by atoms with Crippen molar-refractivity contribution in [3.8, 4) is 17.9 Å². The number of nitriles is 2. The lowest BCUT2D eigenvalue weighted by Crippen LogP contribution is -2.27. The first-order chi connectivity index (χ1) is 17.9. The number of nitrogens with zero attached hydrogens (tertiary/aromatic N) is 3. The summed E-state index contributed by atoms with van der Waals surface area (Å²) in [5, 5.41) is 20.1. The topological polar surface area (TPSA) is 131 Å². The van der Waals surface area contributed by atoms with Crippen LogP contribution in [0.5, 0.6) is 5.75 Å². The number of hydrogen-bond acceptors (Lipinski definition) is 9. The van der Waals surface area contributed by atoms with Crippen LogP contribution in [0.1, 0.15) is 47.6 Å². The second kappa shape index (κ2) is 11.4. The Morgan fingerprint density at radius 2 is 2.00 bits per heavy atom. The predicted octanol–water partition coefficient (Wildman–Crippen LogP) is 4.40. The molecular weight excluding hydrogens is 495 g/mol. The average Bonchev–Trinajstić information content (AvgIpc) is 3.15. The summed E-state index contributed by atoms with van der Waals surface area (Å²) < 4.78 is 31.0. The van der Waals surface area contributed by atoms with Crippen molar-refractivity contribution in [3.63, 3.8) is 0 Å². The van der Waals surface area contributed by atoms with Gasteiger partial charge in [-0.05, 0) is 55.5 Å². The van der Waals surface area contributed by atoms with Gasteiger partial charge in [-0.2, -0.15) is 10.5 Å². The summed E-state index contributed by atoms with van der Waals surface area (Å²) in [6.07, 6.45) is 4.92. The van der Waals surface area contributed by atoms with Crippen LogP contribution in [0, 0.1) is 28.5 Å². The van der Waals surface area contributed by atoms with Gasteiger partial charge in [-0.15, -0.1) is 0 Å². The summed E-state index contributed by atoms with van der Waals surface area (Å²) in [7, 11) is 2.62. The van der Waals surface area contributed by atoms with E-state index in [1.807, 2.05) is 12.1 Å². The van der Waals surface area contributed by atoms with Gasteiger partial charge in [0.15, 0.2) is 0 Å². The van der Waals surface area contributed by atoms with Crippen LogP contribution in [0.25, 0.3) is 0 Å². The molecule has 1 aromatic carbocycles. The number of carbonyl (C=O) groups is 1. The average molecular weight is 521 g/mol. The van der Waals surface area contributed by atoms with Crippen molar-refractivity contribution in [1.29, 1.82) is 10.5 Å². The number of allylic oxidation sites excluding steroid dienone is 1. The SMILES string of the molecule is COC(=O)C1=C(CSc2nc3c(cc2C#N)CCCCC3)OC(N)=C(C#N)[C@H]1c1cc(OC)ccc1F. The molecule has 1 atom stereocenters. The number of aryl methyl sites for hydroxylation is 2. The van der Waals surface area contributed by atoms with Crippen molar-refractivity contribution in [1.82, 2.24) is 4.98 Å². The molecule has 0 saturated carbocycles. The van der Waals surface area contributed by atoms with E-state index in [9.17, 15) is 15.3 Å². The highest BCUT2D eigenvalue weighted by molar-refractivity contribution is 7.99. The third kappa shape index (κ3) is 5.25. The number of rotatable bonds is 6. The predicted molar refractivity (Wildman–Crippen MR) is 134 cm³/mol. The number of thioether (sulfide) groups is 1. The van der Waals surface area contributed by atoms with E-state index in [1.165, 1.54) is 44.2 Å². The van der Waals surface area contributed by atoms with Crippen LogP contribution in [0.2, 0.25) is 0 Å². The molecule has 0 fully saturated rings. The van der Waals surface area contributed by atoms with Gasteiger partial charge in [-0.25, -0.2) is 14.2 Å². The standard InChI is InChI=1S/C27H25FN4O4S/c1-34-17-8-9-20(28)18(11-17)23-19(13-30)25(31)36-22(24(23)27(33)35-2)14-37-26-16(12-29)10-15-6-4-3-5-7-21(15)32-26/h8-11,23H,3-7,14,31H2,1-2H3/t23-/m1/s1. The Labute approximate surface area is 218 Å². The van der Waals surface area contributed by atoms with Gasteiger partial charge in [0.2, 0.25) is 5.88 Å². The molecule has 10 heteroatoms. The molecule has 0 radical (unpaired) electrons. The Morgan fingerprint density at radius 3 is 2.70 bits per heavy atom. The Kier molecular flexibility index (Phi) is 8.00. The summed E-state index contributed by atoms with van der Waals surface area (Å²) in [5.41, 5.74) is 8.40. The molecule has 1 aliphatic heterocycles. The summed E-state index contributed by atoms with van der Waals surface area (Å²) in [6, 6.07) is 10.1. The number of pyridine rings is 1. The molecule has 2 aromatic rings. The molecule has 1 aliphatic carbocycles. The van der Waals surface area contributed by atoms with Crippen LogP contribution in [0.4, 0.5) is 4.39 Å². The van der Waals surface area contributed by atoms with E-state index in [2.05, 4.69) is 6.07 Å². The number of halogens is 1. The van der Waals surface area contributed by atoms with Gasteiger partial charge in [-0.1, -0.05) is 18.2 Å². The molecule has 8 nitrogen and oxygen atoms in total. The van der Waals surface area contributed by atoms with Crippen LogP contribution in [-0.4, -0.2) is 30.9 Å². The maximum absolute atomic E-state index is 15.0. The van der Waals surface area contributed by atoms with E-state index in [0.717, 1.165) is 43.4 Å². The minimum atomic E-state index is -1.17. The fraction of sp³-hybridized carbons (Fsp3) is 0.333. The first-order valence-electron chi connectivity index (χ1n) is 11.7. The van der Waals surface area contributed by atoms with Crippen LogP contribution >= 0.6 is 11.8 Å². The fourth-order valence-electron chi connectivity index (χ4n) is 4.56. The van der Waals surface area contributed by atoms with Gasteiger partial charge >= 0.3 is 5.97 Å². The highest BCUT2D eigenvalue weighted by atomic mass is 32.2. The zero-order valence-corrected chi connectivity index (χ0v) is 21.3. The van der Waals surface area contributed by atoms with Gasteiger partial charge in [-0.3, -0.25) is 0 Å². The molecule has 0 spiro atoms. The van der Waals surface area contributed by atoms with Crippen molar-refractivity contribution < 1.29 is 23.4 Å². The van der Waals surface area contributed by atoms with Gasteiger partial charge in [0.25, 0.3) is 0 Å². The van der Waals surface area contributed by atoms with Crippen molar-refractivity contribution in [2.24, 2.45) is 5.73 Å². The van der Waals surface area contributed by atoms with Crippen LogP contribution in [0.15, 0.2) is 52.1 Å². The van der Waals surface area contributed by atoms with Crippen LogP contribution < -0.4 is 10.5 Å². The van der Waals surface area contributed by atoms with E-state index < -0.39 is 17.7 Å². The molecule has 4 rings (SSSR count). The zero-order valence-electron chi connectivity index (χ0n) is 20.5. The number of ether oxygens (including phenoxy) is 3. The Morgan fingerprint density at radius 1 is 1.22 bits per heavy atom. The maximum atomic E-state index is 15.0. The van der Waals surface area contributed by atoms with Crippen LogP contribution in [-0.2, 0) is 27.1 Å². The number of carbonyl (C=O) groups excluding carboxylic acids is 1. The van der Waals surface area contributed by atoms with Gasteiger partial charge < -0.3 is 19.9 Å². The highest BCUT2D eigenvalue weighted by Crippen LogP contribution is 2.43. The smallest absolute Gasteiger partial charge is 0.338 e. The lowest BCUT2D eigenvalue weighted by Gasteiger charge is -2.28. The third-order valence-electron chi connectivity index (χ3n) is 6.39. The zero-order chi connectivity index (χ0) is 26.5. The minimum absolute atomic E-state index is 0.0194. The molecule has 2 heterocycles. The first kappa shape index (κ1) is 26.1. The second-order valence-electron chi connectivity index (χ2n) is 8.55. The quantitative estimate of drug-likeness (QED) is 0.334. The number of benzene rings is 1. The third-order valence-corrected chi connectivity index (χ3v) is 7.38. The summed E-state index contributed by atoms with van der Waals surface area (Å²) in [6.45, 7) is 0. The summed E-state index contributed by atoms with van der Waals surface area (Å²) in [5.74, 6) is -2.38. The number of esters is 1. The number of methoxy groups -OCH3 is 2. The number of hydrogen-bond donors (Lipinski definition) is 1. The Hall–Kier alpha value is -4.02. The lowest BCUT2D eigenvalue weighted by atomic mass is 9.82. The van der Waals surface area contributed by atoms with Gasteiger partial charge in [0.05, 0.1) is 37.0 Å². The number of fused-ring (bicyclic) bond motifs is 1. The van der Waals surface area contributed by atoms with Crippen molar-refractivity contribution in [2.45, 2.75) is 43.0 Å². The van der Waals surface area contributed by atoms with Gasteiger partial charge in [0.1, 0.15) is 40.1 Å². The monoisotopic (exact) mass is 520 g/mol. The van der Waals surface area contributed by atoms with Crippen molar-refractivity contribution in [3.05, 3.63) is 75.3 Å². The number of aromatic nitrogens is 1. The van der Waals surface area contributed by atoms with E-state index in [4.69, 9.17) is 24.9 Å². The Balaban J connectivity index is 1.78. The molecule has 2 aliphatic rings. The molecule has 190 valence electrons. The van der Waals surface area contributed by atoms with Crippen LogP contribution in [0.3, 0.4) is 0 Å². The fourth-order valence-corrected chi connectivity index (χ4v) is 5.47. The first-order valence-corrected chi connectivity index (χ1v) is 12.7. The van der Waals surface area contributed by atoms with E-state index in [1.54, 1.807) is 0 Å². The normalized spacial score (nSPS) is 17.2. The van der Waals surface area contributed by atoms with Crippen molar-refractivity contribution >= 4 is 17.7 Å². The molecule has 0 unspecified atom stereocenters.